The Bertz CT molecular complexity index is 629. The topological polar surface area (TPSA) is 87.8 Å². The average Bonchev–Trinajstić information content (AvgIpc) is 2.48. The van der Waals surface area contributed by atoms with Gasteiger partial charge in [-0.3, -0.25) is 5.32 Å². The number of rotatable bonds is 3. The fourth-order valence-corrected chi connectivity index (χ4v) is 1.45. The molecule has 2 amide bonds. The van der Waals surface area contributed by atoms with Crippen LogP contribution >= 0.6 is 0 Å². The van der Waals surface area contributed by atoms with Crippen LogP contribution in [0, 0.1) is 0 Å². The Morgan fingerprint density at radius 2 is 2.00 bits per heavy atom. The normalized spacial score (nSPS) is 17.3. The lowest BCUT2D eigenvalue weighted by atomic mass is 10.1. The van der Waals surface area contributed by atoms with Crippen molar-refractivity contribution in [2.45, 2.75) is 6.92 Å². The van der Waals surface area contributed by atoms with E-state index in [0.717, 1.165) is 11.3 Å². The number of urea groups is 1. The Balaban J connectivity index is 2.19. The van der Waals surface area contributed by atoms with Crippen LogP contribution in [0.3, 0.4) is 0 Å². The third-order valence-electron chi connectivity index (χ3n) is 2.57. The molecule has 0 aromatic heterocycles. The predicted molar refractivity (Wildman–Crippen MR) is 75.2 cm³/mol. The molecule has 1 aliphatic rings. The number of benzene rings is 1. The standard InChI is InChI=1S/C13H13N5O2/c1-8(10-4-6-11(20-3)7-5-10)15-17-12-9(2)16-18-13(19)14-12/h4-7H,2H2,1,3H3,(H,14,17,19)/b15-8+. The van der Waals surface area contributed by atoms with E-state index in [9.17, 15) is 4.79 Å². The number of methoxy groups -OCH3 is 1. The van der Waals surface area contributed by atoms with Gasteiger partial charge in [0.05, 0.1) is 12.8 Å². The predicted octanol–water partition coefficient (Wildman–Crippen LogP) is 2.51. The van der Waals surface area contributed by atoms with Gasteiger partial charge in [0, 0.05) is 0 Å². The van der Waals surface area contributed by atoms with Crippen molar-refractivity contribution in [2.24, 2.45) is 20.4 Å². The second-order valence-corrected chi connectivity index (χ2v) is 3.94. The van der Waals surface area contributed by atoms with Gasteiger partial charge in [-0.2, -0.15) is 5.10 Å². The molecule has 0 unspecified atom stereocenters. The Morgan fingerprint density at radius 1 is 1.30 bits per heavy atom. The molecule has 7 nitrogen and oxygen atoms in total. The van der Waals surface area contributed by atoms with Crippen LogP contribution in [0.5, 0.6) is 5.75 Å². The first-order chi connectivity index (χ1) is 9.60. The van der Waals surface area contributed by atoms with Gasteiger partial charge in [0.15, 0.2) is 5.84 Å². The quantitative estimate of drug-likeness (QED) is 0.676. The minimum Gasteiger partial charge on any atom is -0.497 e. The van der Waals surface area contributed by atoms with E-state index < -0.39 is 6.03 Å². The van der Waals surface area contributed by atoms with E-state index in [4.69, 9.17) is 4.74 Å². The Hall–Kier alpha value is -2.83. The first-order valence-electron chi connectivity index (χ1n) is 5.79. The largest absolute Gasteiger partial charge is 0.497 e. The van der Waals surface area contributed by atoms with Crippen molar-refractivity contribution in [2.75, 3.05) is 7.11 Å². The zero-order valence-electron chi connectivity index (χ0n) is 11.1. The third-order valence-corrected chi connectivity index (χ3v) is 2.57. The lowest BCUT2D eigenvalue weighted by molar-refractivity contribution is 0.251. The van der Waals surface area contributed by atoms with E-state index in [-0.39, 0.29) is 11.5 Å². The van der Waals surface area contributed by atoms with Crippen molar-refractivity contribution >= 4 is 17.6 Å². The number of nitrogens with zero attached hydrogens (tertiary/aromatic N) is 4. The zero-order chi connectivity index (χ0) is 14.5. The van der Waals surface area contributed by atoms with Gasteiger partial charge in [0.2, 0.25) is 0 Å². The summed E-state index contributed by atoms with van der Waals surface area (Å²) in [5, 5.41) is 17.2. The Labute approximate surface area is 115 Å². The molecule has 1 N–H and O–H groups in total. The lowest BCUT2D eigenvalue weighted by Gasteiger charge is -2.07. The van der Waals surface area contributed by atoms with Crippen molar-refractivity contribution < 1.29 is 9.53 Å². The van der Waals surface area contributed by atoms with Crippen LogP contribution in [0.25, 0.3) is 0 Å². The summed E-state index contributed by atoms with van der Waals surface area (Å²) >= 11 is 0. The number of carbonyl (C=O) groups is 1. The second kappa shape index (κ2) is 5.87. The molecule has 20 heavy (non-hydrogen) atoms. The Kier molecular flexibility index (Phi) is 3.99. The summed E-state index contributed by atoms with van der Waals surface area (Å²) in [5.74, 6) is 0.957. The van der Waals surface area contributed by atoms with Crippen molar-refractivity contribution in [3.8, 4) is 5.75 Å². The number of ether oxygens (including phenoxy) is 1. The molecule has 1 aromatic carbocycles. The van der Waals surface area contributed by atoms with Crippen molar-refractivity contribution in [1.29, 1.82) is 0 Å². The number of azo groups is 1. The van der Waals surface area contributed by atoms with Crippen LogP contribution in [0.1, 0.15) is 12.5 Å². The van der Waals surface area contributed by atoms with Crippen LogP contribution in [-0.4, -0.2) is 24.7 Å². The molecule has 0 saturated heterocycles. The van der Waals surface area contributed by atoms with Gasteiger partial charge in [-0.1, -0.05) is 11.7 Å². The molecule has 0 aliphatic carbocycles. The highest BCUT2D eigenvalue weighted by Gasteiger charge is 2.14. The molecule has 0 spiro atoms. The fraction of sp³-hybridized carbons (Fsp3) is 0.154. The molecule has 1 heterocycles. The summed E-state index contributed by atoms with van der Waals surface area (Å²) in [6, 6.07) is 6.81. The van der Waals surface area contributed by atoms with Gasteiger partial charge in [-0.05, 0) is 36.8 Å². The number of hydrogen-bond acceptors (Lipinski definition) is 5. The third kappa shape index (κ3) is 3.14. The molecule has 0 atom stereocenters. The maximum atomic E-state index is 11.0. The molecule has 102 valence electrons. The van der Waals surface area contributed by atoms with Crippen molar-refractivity contribution in [1.82, 2.24) is 5.32 Å². The summed E-state index contributed by atoms with van der Waals surface area (Å²) in [5.41, 5.74) is 1.84. The number of hydrogen-bond donors (Lipinski definition) is 1. The first kappa shape index (κ1) is 13.6. The summed E-state index contributed by atoms with van der Waals surface area (Å²) in [4.78, 5) is 11.0. The maximum Gasteiger partial charge on any atom is 0.365 e. The molecule has 0 bridgehead atoms. The lowest BCUT2D eigenvalue weighted by Crippen LogP contribution is -2.31. The van der Waals surface area contributed by atoms with Crippen molar-refractivity contribution in [3.05, 3.63) is 42.1 Å². The summed E-state index contributed by atoms with van der Waals surface area (Å²) < 4.78 is 5.08. The van der Waals surface area contributed by atoms with E-state index in [0.29, 0.717) is 5.71 Å². The molecule has 0 radical (unpaired) electrons. The van der Waals surface area contributed by atoms with Gasteiger partial charge >= 0.3 is 6.03 Å². The Morgan fingerprint density at radius 3 is 2.65 bits per heavy atom. The molecule has 1 aromatic rings. The van der Waals surface area contributed by atoms with Gasteiger partial charge in [0.1, 0.15) is 11.4 Å². The summed E-state index contributed by atoms with van der Waals surface area (Å²) in [7, 11) is 1.61. The summed E-state index contributed by atoms with van der Waals surface area (Å²) in [6.45, 7) is 5.42. The van der Waals surface area contributed by atoms with Gasteiger partial charge < -0.3 is 4.74 Å². The highest BCUT2D eigenvalue weighted by atomic mass is 16.5. The summed E-state index contributed by atoms with van der Waals surface area (Å²) in [6.07, 6.45) is 0. The highest BCUT2D eigenvalue weighted by Crippen LogP contribution is 2.12. The van der Waals surface area contributed by atoms with Gasteiger partial charge in [0.25, 0.3) is 0 Å². The number of carbonyl (C=O) groups excluding carboxylic acids is 1. The fourth-order valence-electron chi connectivity index (χ4n) is 1.45. The van der Waals surface area contributed by atoms with Crippen LogP contribution in [0.15, 0.2) is 57.0 Å². The van der Waals surface area contributed by atoms with Crippen molar-refractivity contribution in [3.63, 3.8) is 0 Å². The first-order valence-corrected chi connectivity index (χ1v) is 5.79. The molecular formula is C13H13N5O2. The van der Waals surface area contributed by atoms with Gasteiger partial charge in [-0.15, -0.1) is 10.2 Å². The number of nitrogens with one attached hydrogen (secondary N) is 1. The molecule has 2 rings (SSSR count). The smallest absolute Gasteiger partial charge is 0.365 e. The molecular weight excluding hydrogens is 258 g/mol. The average molecular weight is 271 g/mol. The number of amidine groups is 1. The SMILES string of the molecule is C=C1N=NC(=O)N/C1=N/N=C(\C)c1ccc(OC)cc1. The van der Waals surface area contributed by atoms with E-state index in [1.54, 1.807) is 14.0 Å². The van der Waals surface area contributed by atoms with E-state index >= 15 is 0 Å². The maximum absolute atomic E-state index is 11.0. The van der Waals surface area contributed by atoms with E-state index in [1.165, 1.54) is 0 Å². The monoisotopic (exact) mass is 271 g/mol. The van der Waals surface area contributed by atoms with Crippen LogP contribution < -0.4 is 10.1 Å². The minimum atomic E-state index is -0.589. The van der Waals surface area contributed by atoms with E-state index in [1.807, 2.05) is 24.3 Å². The van der Waals surface area contributed by atoms with Crippen LogP contribution in [0.2, 0.25) is 0 Å². The molecule has 0 fully saturated rings. The van der Waals surface area contributed by atoms with Crippen LogP contribution in [0.4, 0.5) is 4.79 Å². The second-order valence-electron chi connectivity index (χ2n) is 3.94. The minimum absolute atomic E-state index is 0.192. The van der Waals surface area contributed by atoms with Crippen LogP contribution in [-0.2, 0) is 0 Å². The zero-order valence-corrected chi connectivity index (χ0v) is 11.1. The van der Waals surface area contributed by atoms with Gasteiger partial charge in [-0.25, -0.2) is 4.79 Å². The van der Waals surface area contributed by atoms with E-state index in [2.05, 4.69) is 32.3 Å². The highest BCUT2D eigenvalue weighted by molar-refractivity contribution is 6.09. The molecule has 1 aliphatic heterocycles. The molecule has 0 saturated carbocycles. The number of amides is 2. The molecule has 7 heteroatoms.